The van der Waals surface area contributed by atoms with Crippen molar-refractivity contribution >= 4 is 12.3 Å². The summed E-state index contributed by atoms with van der Waals surface area (Å²) in [5.74, 6) is 0.0387. The highest BCUT2D eigenvalue weighted by Crippen LogP contribution is 2.28. The van der Waals surface area contributed by atoms with E-state index in [0.717, 1.165) is 37.8 Å². The highest BCUT2D eigenvalue weighted by Gasteiger charge is 2.30. The maximum atomic E-state index is 11.6. The fourth-order valence-electron chi connectivity index (χ4n) is 2.48. The fraction of sp³-hybridized carbons (Fsp3) is 0.500. The van der Waals surface area contributed by atoms with Crippen molar-refractivity contribution in [1.82, 2.24) is 10.2 Å². The van der Waals surface area contributed by atoms with Crippen molar-refractivity contribution in [2.75, 3.05) is 0 Å². The molecule has 0 unspecified atom stereocenters. The van der Waals surface area contributed by atoms with Crippen LogP contribution in [-0.4, -0.2) is 29.3 Å². The Morgan fingerprint density at radius 1 is 1.31 bits per heavy atom. The van der Waals surface area contributed by atoms with Crippen LogP contribution in [-0.2, 0) is 9.59 Å². The molecule has 1 heterocycles. The van der Waals surface area contributed by atoms with E-state index in [1.807, 2.05) is 0 Å². The summed E-state index contributed by atoms with van der Waals surface area (Å²) in [6.45, 7) is 3.86. The van der Waals surface area contributed by atoms with Gasteiger partial charge in [-0.1, -0.05) is 6.58 Å². The molecule has 2 amide bonds. The number of hydrogen-bond donors (Lipinski definition) is 1. The van der Waals surface area contributed by atoms with Crippen molar-refractivity contribution in [2.24, 2.45) is 0 Å². The molecular formula is C12H16N2O2. The molecule has 0 aromatic carbocycles. The second-order valence-corrected chi connectivity index (χ2v) is 4.32. The summed E-state index contributed by atoms with van der Waals surface area (Å²) in [7, 11) is 0. The molecule has 2 aliphatic rings. The maximum absolute atomic E-state index is 11.6. The third-order valence-electron chi connectivity index (χ3n) is 3.33. The van der Waals surface area contributed by atoms with Crippen LogP contribution in [0.2, 0.25) is 0 Å². The van der Waals surface area contributed by atoms with Crippen LogP contribution in [0.25, 0.3) is 0 Å². The van der Waals surface area contributed by atoms with Crippen LogP contribution >= 0.6 is 0 Å². The van der Waals surface area contributed by atoms with Gasteiger partial charge in [0.2, 0.25) is 6.41 Å². The van der Waals surface area contributed by atoms with Crippen LogP contribution in [0.15, 0.2) is 24.4 Å². The zero-order valence-electron chi connectivity index (χ0n) is 9.19. The van der Waals surface area contributed by atoms with E-state index in [2.05, 4.69) is 11.9 Å². The quantitative estimate of drug-likeness (QED) is 0.720. The van der Waals surface area contributed by atoms with Crippen LogP contribution < -0.4 is 5.32 Å². The monoisotopic (exact) mass is 220 g/mol. The molecule has 4 heteroatoms. The molecule has 0 aromatic rings. The van der Waals surface area contributed by atoms with E-state index >= 15 is 0 Å². The lowest BCUT2D eigenvalue weighted by Crippen LogP contribution is -2.42. The van der Waals surface area contributed by atoms with Gasteiger partial charge in [-0.2, -0.15) is 0 Å². The molecule has 1 aliphatic heterocycles. The third kappa shape index (κ3) is 2.01. The van der Waals surface area contributed by atoms with Crippen molar-refractivity contribution in [3.63, 3.8) is 0 Å². The minimum absolute atomic E-state index is 0.0387. The minimum atomic E-state index is 0.0387. The second-order valence-electron chi connectivity index (χ2n) is 4.32. The Hall–Kier alpha value is -1.58. The summed E-state index contributed by atoms with van der Waals surface area (Å²) in [5, 5.41) is 2.80. The summed E-state index contributed by atoms with van der Waals surface area (Å²) in [6, 6.07) is 0.521. The number of amides is 2. The molecule has 0 saturated heterocycles. The molecule has 1 N–H and O–H groups in total. The summed E-state index contributed by atoms with van der Waals surface area (Å²) in [5.41, 5.74) is 0.789. The third-order valence-corrected chi connectivity index (χ3v) is 3.33. The first-order chi connectivity index (χ1) is 7.72. The number of nitrogens with one attached hydrogen (secondary N) is 1. The molecule has 0 atom stereocenters. The molecule has 0 bridgehead atoms. The van der Waals surface area contributed by atoms with Crippen LogP contribution in [0.5, 0.6) is 0 Å². The number of nitrogens with zero attached hydrogens (tertiary/aromatic N) is 1. The second kappa shape index (κ2) is 4.51. The summed E-state index contributed by atoms with van der Waals surface area (Å²) < 4.78 is 0. The van der Waals surface area contributed by atoms with Crippen molar-refractivity contribution < 1.29 is 9.59 Å². The smallest absolute Gasteiger partial charge is 0.251 e. The Morgan fingerprint density at radius 2 is 2.00 bits per heavy atom. The predicted molar refractivity (Wildman–Crippen MR) is 60.4 cm³/mol. The van der Waals surface area contributed by atoms with Gasteiger partial charge < -0.3 is 10.2 Å². The standard InChI is InChI=1S/C12H16N2O2/c1-9-2-7-12(16)14(9)11-5-3-10(4-6-11)13-8-15/h2,7-8,10-11H,1,3-6H2,(H,13,15). The molecule has 4 nitrogen and oxygen atoms in total. The molecule has 2 rings (SSSR count). The van der Waals surface area contributed by atoms with Gasteiger partial charge in [-0.15, -0.1) is 0 Å². The van der Waals surface area contributed by atoms with E-state index in [1.54, 1.807) is 17.1 Å². The van der Waals surface area contributed by atoms with Gasteiger partial charge in [-0.3, -0.25) is 9.59 Å². The van der Waals surface area contributed by atoms with E-state index in [9.17, 15) is 9.59 Å². The van der Waals surface area contributed by atoms with Gasteiger partial charge in [0.1, 0.15) is 0 Å². The Kier molecular flexibility index (Phi) is 3.08. The maximum Gasteiger partial charge on any atom is 0.251 e. The van der Waals surface area contributed by atoms with E-state index in [1.165, 1.54) is 0 Å². The van der Waals surface area contributed by atoms with Crippen molar-refractivity contribution in [3.8, 4) is 0 Å². The van der Waals surface area contributed by atoms with E-state index < -0.39 is 0 Å². The van der Waals surface area contributed by atoms with Crippen molar-refractivity contribution in [3.05, 3.63) is 24.4 Å². The van der Waals surface area contributed by atoms with Crippen molar-refractivity contribution in [2.45, 2.75) is 37.8 Å². The normalized spacial score (nSPS) is 29.6. The first-order valence-electron chi connectivity index (χ1n) is 5.62. The van der Waals surface area contributed by atoms with Crippen LogP contribution in [0, 0.1) is 0 Å². The molecule has 0 aromatic heterocycles. The molecule has 0 radical (unpaired) electrons. The topological polar surface area (TPSA) is 49.4 Å². The average molecular weight is 220 g/mol. The van der Waals surface area contributed by atoms with Gasteiger partial charge in [0, 0.05) is 23.9 Å². The Bertz CT molecular complexity index is 323. The lowest BCUT2D eigenvalue weighted by Gasteiger charge is -2.34. The summed E-state index contributed by atoms with van der Waals surface area (Å²) in [6.07, 6.45) is 7.81. The number of carbonyl (C=O) groups is 2. The number of carbonyl (C=O) groups excluding carboxylic acids is 2. The molecule has 1 saturated carbocycles. The SMILES string of the molecule is C=C1C=CC(=O)N1C1CCC(NC=O)CC1. The van der Waals surface area contributed by atoms with Gasteiger partial charge >= 0.3 is 0 Å². The zero-order valence-corrected chi connectivity index (χ0v) is 9.19. The van der Waals surface area contributed by atoms with Gasteiger partial charge in [0.15, 0.2) is 0 Å². The summed E-state index contributed by atoms with van der Waals surface area (Å²) >= 11 is 0. The van der Waals surface area contributed by atoms with Crippen molar-refractivity contribution in [1.29, 1.82) is 0 Å². The number of hydrogen-bond acceptors (Lipinski definition) is 2. The van der Waals surface area contributed by atoms with Crippen LogP contribution in [0.4, 0.5) is 0 Å². The van der Waals surface area contributed by atoms with Crippen LogP contribution in [0.3, 0.4) is 0 Å². The Labute approximate surface area is 95.0 Å². The van der Waals surface area contributed by atoms with Gasteiger partial charge in [0.05, 0.1) is 0 Å². The van der Waals surface area contributed by atoms with Gasteiger partial charge in [0.25, 0.3) is 5.91 Å². The zero-order chi connectivity index (χ0) is 11.5. The first kappa shape index (κ1) is 10.9. The average Bonchev–Trinajstić information content (AvgIpc) is 2.61. The number of rotatable bonds is 3. The van der Waals surface area contributed by atoms with Gasteiger partial charge in [-0.25, -0.2) is 0 Å². The lowest BCUT2D eigenvalue weighted by molar-refractivity contribution is -0.125. The van der Waals surface area contributed by atoms with E-state index in [0.29, 0.717) is 0 Å². The Morgan fingerprint density at radius 3 is 2.50 bits per heavy atom. The fourth-order valence-corrected chi connectivity index (χ4v) is 2.48. The van der Waals surface area contributed by atoms with Crippen LogP contribution in [0.1, 0.15) is 25.7 Å². The molecule has 86 valence electrons. The first-order valence-corrected chi connectivity index (χ1v) is 5.62. The molecule has 0 spiro atoms. The largest absolute Gasteiger partial charge is 0.356 e. The predicted octanol–water partition coefficient (Wildman–Crippen LogP) is 0.956. The molecule has 16 heavy (non-hydrogen) atoms. The van der Waals surface area contributed by atoms with E-state index in [-0.39, 0.29) is 18.0 Å². The number of allylic oxidation sites excluding steroid dienone is 1. The Balaban J connectivity index is 1.92. The van der Waals surface area contributed by atoms with Gasteiger partial charge in [-0.05, 0) is 31.8 Å². The highest BCUT2D eigenvalue weighted by atomic mass is 16.2. The minimum Gasteiger partial charge on any atom is -0.356 e. The van der Waals surface area contributed by atoms with E-state index in [4.69, 9.17) is 0 Å². The molecule has 1 fully saturated rings. The molecular weight excluding hydrogens is 204 g/mol. The lowest BCUT2D eigenvalue weighted by atomic mass is 9.90. The summed E-state index contributed by atoms with van der Waals surface area (Å²) in [4.78, 5) is 23.7. The highest BCUT2D eigenvalue weighted by molar-refractivity contribution is 5.93. The molecule has 1 aliphatic carbocycles.